The molecular weight excluding hydrogens is 269 g/mol. The summed E-state index contributed by atoms with van der Waals surface area (Å²) in [6, 6.07) is 0. The van der Waals surface area contributed by atoms with Crippen molar-refractivity contribution in [2.24, 2.45) is 0 Å². The van der Waals surface area contributed by atoms with Crippen molar-refractivity contribution in [3.05, 3.63) is 34.6 Å². The van der Waals surface area contributed by atoms with Crippen LogP contribution in [0.2, 0.25) is 0 Å². The van der Waals surface area contributed by atoms with Crippen molar-refractivity contribution in [2.75, 3.05) is 6.54 Å². The number of amides is 1. The van der Waals surface area contributed by atoms with Gasteiger partial charge in [0.15, 0.2) is 23.3 Å². The van der Waals surface area contributed by atoms with Gasteiger partial charge in [-0.1, -0.05) is 19.8 Å². The van der Waals surface area contributed by atoms with Crippen molar-refractivity contribution >= 4 is 5.91 Å². The topological polar surface area (TPSA) is 29.1 Å². The van der Waals surface area contributed by atoms with Crippen LogP contribution in [-0.4, -0.2) is 12.5 Å². The van der Waals surface area contributed by atoms with E-state index in [9.17, 15) is 26.7 Å². The summed E-state index contributed by atoms with van der Waals surface area (Å²) in [5.74, 6) is -12.1. The third kappa shape index (κ3) is 3.21. The Kier molecular flexibility index (Phi) is 5.26. The van der Waals surface area contributed by atoms with Gasteiger partial charge in [-0.05, 0) is 6.42 Å². The average Bonchev–Trinajstić information content (AvgIpc) is 2.39. The van der Waals surface area contributed by atoms with Gasteiger partial charge in [-0.25, -0.2) is 22.0 Å². The van der Waals surface area contributed by atoms with Crippen LogP contribution in [0.5, 0.6) is 0 Å². The van der Waals surface area contributed by atoms with Crippen molar-refractivity contribution in [3.8, 4) is 0 Å². The van der Waals surface area contributed by atoms with Crippen molar-refractivity contribution < 1.29 is 26.7 Å². The van der Waals surface area contributed by atoms with Crippen LogP contribution in [0.15, 0.2) is 0 Å². The fourth-order valence-corrected chi connectivity index (χ4v) is 1.47. The molecule has 0 unspecified atom stereocenters. The normalized spacial score (nSPS) is 10.6. The number of unbranched alkanes of at least 4 members (excludes halogenated alkanes) is 2. The lowest BCUT2D eigenvalue weighted by Crippen LogP contribution is -2.27. The molecule has 0 aromatic heterocycles. The molecule has 2 nitrogen and oxygen atoms in total. The van der Waals surface area contributed by atoms with Crippen LogP contribution >= 0.6 is 0 Å². The largest absolute Gasteiger partial charge is 0.352 e. The van der Waals surface area contributed by atoms with Crippen LogP contribution < -0.4 is 5.32 Å². The molecule has 1 rings (SSSR count). The molecule has 0 aliphatic rings. The molecule has 1 aromatic carbocycles. The Hall–Kier alpha value is -1.66. The number of benzene rings is 1. The second-order valence-electron chi connectivity index (χ2n) is 3.91. The van der Waals surface area contributed by atoms with E-state index in [1.807, 2.05) is 6.92 Å². The molecule has 19 heavy (non-hydrogen) atoms. The first kappa shape index (κ1) is 15.4. The first-order valence-corrected chi connectivity index (χ1v) is 5.71. The van der Waals surface area contributed by atoms with Gasteiger partial charge in [0.2, 0.25) is 5.82 Å². The van der Waals surface area contributed by atoms with Crippen molar-refractivity contribution in [1.82, 2.24) is 5.32 Å². The average molecular weight is 281 g/mol. The fraction of sp³-hybridized carbons (Fsp3) is 0.417. The fourth-order valence-electron chi connectivity index (χ4n) is 1.47. The SMILES string of the molecule is CCCCCNC(=O)c1c(F)c(F)c(F)c(F)c1F. The predicted molar refractivity (Wildman–Crippen MR) is 58.1 cm³/mol. The van der Waals surface area contributed by atoms with Crippen LogP contribution in [0.4, 0.5) is 22.0 Å². The lowest BCUT2D eigenvalue weighted by molar-refractivity contribution is 0.0941. The summed E-state index contributed by atoms with van der Waals surface area (Å²) in [6.45, 7) is 2.01. The number of rotatable bonds is 5. The highest BCUT2D eigenvalue weighted by atomic mass is 19.2. The van der Waals surface area contributed by atoms with Gasteiger partial charge in [0.1, 0.15) is 5.56 Å². The summed E-state index contributed by atoms with van der Waals surface area (Å²) in [5, 5.41) is 2.11. The molecule has 0 radical (unpaired) electrons. The number of hydrogen-bond acceptors (Lipinski definition) is 1. The Balaban J connectivity index is 2.97. The molecular formula is C12H12F5NO. The molecule has 1 aromatic rings. The Morgan fingerprint density at radius 1 is 0.895 bits per heavy atom. The van der Waals surface area contributed by atoms with Gasteiger partial charge in [0.25, 0.3) is 5.91 Å². The maximum atomic E-state index is 13.2. The molecule has 0 aliphatic heterocycles. The zero-order valence-corrected chi connectivity index (χ0v) is 10.1. The van der Waals surface area contributed by atoms with Crippen molar-refractivity contribution in [2.45, 2.75) is 26.2 Å². The maximum absolute atomic E-state index is 13.2. The van der Waals surface area contributed by atoms with E-state index in [4.69, 9.17) is 0 Å². The second-order valence-corrected chi connectivity index (χ2v) is 3.91. The minimum atomic E-state index is -2.28. The quantitative estimate of drug-likeness (QED) is 0.381. The van der Waals surface area contributed by atoms with E-state index < -0.39 is 40.6 Å². The number of hydrogen-bond donors (Lipinski definition) is 1. The van der Waals surface area contributed by atoms with E-state index in [1.54, 1.807) is 0 Å². The molecule has 7 heteroatoms. The van der Waals surface area contributed by atoms with E-state index >= 15 is 0 Å². The number of carbonyl (C=O) groups excluding carboxylic acids is 1. The Bertz CT molecular complexity index is 460. The third-order valence-corrected chi connectivity index (χ3v) is 2.50. The van der Waals surface area contributed by atoms with Gasteiger partial charge in [-0.3, -0.25) is 4.79 Å². The Morgan fingerprint density at radius 3 is 1.84 bits per heavy atom. The Morgan fingerprint density at radius 2 is 1.37 bits per heavy atom. The summed E-state index contributed by atoms with van der Waals surface area (Å²) in [7, 11) is 0. The zero-order valence-electron chi connectivity index (χ0n) is 10.1. The zero-order chi connectivity index (χ0) is 14.6. The first-order chi connectivity index (χ1) is 8.91. The molecule has 1 N–H and O–H groups in total. The lowest BCUT2D eigenvalue weighted by Gasteiger charge is -2.08. The van der Waals surface area contributed by atoms with Gasteiger partial charge in [0, 0.05) is 6.54 Å². The molecule has 106 valence electrons. The molecule has 0 bridgehead atoms. The monoisotopic (exact) mass is 281 g/mol. The number of halogens is 5. The van der Waals surface area contributed by atoms with Gasteiger partial charge >= 0.3 is 0 Å². The number of nitrogens with one attached hydrogen (secondary N) is 1. The highest BCUT2D eigenvalue weighted by Crippen LogP contribution is 2.22. The maximum Gasteiger partial charge on any atom is 0.257 e. The lowest BCUT2D eigenvalue weighted by atomic mass is 10.1. The first-order valence-electron chi connectivity index (χ1n) is 5.71. The highest BCUT2D eigenvalue weighted by Gasteiger charge is 2.29. The molecule has 0 fully saturated rings. The predicted octanol–water partition coefficient (Wildman–Crippen LogP) is 3.30. The number of carbonyl (C=O) groups is 1. The molecule has 0 heterocycles. The molecule has 0 spiro atoms. The Labute approximate surface area is 106 Å². The van der Waals surface area contributed by atoms with E-state index in [1.165, 1.54) is 0 Å². The molecule has 0 aliphatic carbocycles. The van der Waals surface area contributed by atoms with Crippen LogP contribution in [-0.2, 0) is 0 Å². The van der Waals surface area contributed by atoms with Crippen LogP contribution in [0.25, 0.3) is 0 Å². The molecule has 0 saturated heterocycles. The van der Waals surface area contributed by atoms with Gasteiger partial charge in [-0.2, -0.15) is 0 Å². The van der Waals surface area contributed by atoms with Gasteiger partial charge in [0.05, 0.1) is 0 Å². The summed E-state index contributed by atoms with van der Waals surface area (Å²) in [4.78, 5) is 11.4. The minimum Gasteiger partial charge on any atom is -0.352 e. The summed E-state index contributed by atoms with van der Waals surface area (Å²) in [6.07, 6.45) is 2.19. The van der Waals surface area contributed by atoms with E-state index in [0.29, 0.717) is 6.42 Å². The van der Waals surface area contributed by atoms with Gasteiger partial charge in [-0.15, -0.1) is 0 Å². The molecule has 1 amide bonds. The highest BCUT2D eigenvalue weighted by molar-refractivity contribution is 5.94. The molecule has 0 atom stereocenters. The van der Waals surface area contributed by atoms with Crippen molar-refractivity contribution in [3.63, 3.8) is 0 Å². The summed E-state index contributed by atoms with van der Waals surface area (Å²) in [5.41, 5.74) is -1.45. The van der Waals surface area contributed by atoms with Crippen molar-refractivity contribution in [1.29, 1.82) is 0 Å². The van der Waals surface area contributed by atoms with Gasteiger partial charge < -0.3 is 5.32 Å². The minimum absolute atomic E-state index is 0.103. The van der Waals surface area contributed by atoms with E-state index in [2.05, 4.69) is 5.32 Å². The van der Waals surface area contributed by atoms with E-state index in [0.717, 1.165) is 12.8 Å². The third-order valence-electron chi connectivity index (χ3n) is 2.50. The molecule has 0 saturated carbocycles. The van der Waals surface area contributed by atoms with E-state index in [-0.39, 0.29) is 6.54 Å². The standard InChI is InChI=1S/C12H12F5NO/c1-2-3-4-5-18-12(19)6-7(13)9(15)11(17)10(16)8(6)14/h2-5H2,1H3,(H,18,19). The van der Waals surface area contributed by atoms with Crippen LogP contribution in [0.1, 0.15) is 36.5 Å². The van der Waals surface area contributed by atoms with Crippen LogP contribution in [0.3, 0.4) is 0 Å². The summed E-state index contributed by atoms with van der Waals surface area (Å²) >= 11 is 0. The smallest absolute Gasteiger partial charge is 0.257 e. The second kappa shape index (κ2) is 6.49. The summed E-state index contributed by atoms with van der Waals surface area (Å²) < 4.78 is 65.0. The van der Waals surface area contributed by atoms with Crippen LogP contribution in [0, 0.1) is 29.1 Å².